The first-order valence-electron chi connectivity index (χ1n) is 13.4. The van der Waals surface area contributed by atoms with Gasteiger partial charge in [-0.05, 0) is 55.2 Å². The quantitative estimate of drug-likeness (QED) is 0.375. The third-order valence-corrected chi connectivity index (χ3v) is 8.85. The Balaban J connectivity index is 1.38. The van der Waals surface area contributed by atoms with Crippen LogP contribution >= 0.6 is 23.2 Å². The Morgan fingerprint density at radius 2 is 1.75 bits per heavy atom. The maximum Gasteiger partial charge on any atom is 0.253 e. The number of hydrogen-bond donors (Lipinski definition) is 1. The fraction of sp³-hybridized carbons (Fsp3) is 0.355. The van der Waals surface area contributed by atoms with Crippen LogP contribution in [-0.2, 0) is 25.5 Å². The molecular weight excluding hydrogens is 552 g/mol. The predicted octanol–water partition coefficient (Wildman–Crippen LogP) is 5.91. The molecule has 3 aromatic rings. The Morgan fingerprint density at radius 1 is 1.02 bits per heavy atom. The normalized spacial score (nSPS) is 21.3. The summed E-state index contributed by atoms with van der Waals surface area (Å²) in [7, 11) is 0. The predicted molar refractivity (Wildman–Crippen MR) is 155 cm³/mol. The number of anilines is 1. The Bertz CT molecular complexity index is 1380. The molecule has 210 valence electrons. The number of carbonyl (C=O) groups excluding carboxylic acids is 2. The Morgan fingerprint density at radius 3 is 2.45 bits per heavy atom. The van der Waals surface area contributed by atoms with Gasteiger partial charge < -0.3 is 19.9 Å². The van der Waals surface area contributed by atoms with Crippen molar-refractivity contribution in [3.05, 3.63) is 99.8 Å². The number of amides is 2. The molecule has 6 nitrogen and oxygen atoms in total. The summed E-state index contributed by atoms with van der Waals surface area (Å²) in [5.41, 5.74) is 0.819. The first kappa shape index (κ1) is 28.6. The number of nitrogens with one attached hydrogen (secondary N) is 1. The van der Waals surface area contributed by atoms with Gasteiger partial charge in [0.2, 0.25) is 5.91 Å². The van der Waals surface area contributed by atoms with E-state index in [4.69, 9.17) is 27.9 Å². The number of nitrogens with zero attached hydrogens (tertiary/aromatic N) is 2. The van der Waals surface area contributed by atoms with Crippen molar-refractivity contribution in [1.29, 1.82) is 0 Å². The molecule has 2 aliphatic heterocycles. The molecule has 2 saturated heterocycles. The van der Waals surface area contributed by atoms with Crippen molar-refractivity contribution in [2.75, 3.05) is 37.7 Å². The molecule has 0 bridgehead atoms. The fourth-order valence-electron chi connectivity index (χ4n) is 5.92. The molecule has 9 heteroatoms. The van der Waals surface area contributed by atoms with Crippen LogP contribution in [0.3, 0.4) is 0 Å². The number of ether oxygens (including phenoxy) is 1. The molecule has 0 spiro atoms. The summed E-state index contributed by atoms with van der Waals surface area (Å²) in [6.07, 6.45) is 1.84. The Hall–Kier alpha value is -2.97. The van der Waals surface area contributed by atoms with Crippen molar-refractivity contribution in [1.82, 2.24) is 10.2 Å². The van der Waals surface area contributed by atoms with Gasteiger partial charge in [0.15, 0.2) is 0 Å². The smallest absolute Gasteiger partial charge is 0.253 e. The van der Waals surface area contributed by atoms with Gasteiger partial charge in [0, 0.05) is 37.8 Å². The maximum atomic E-state index is 14.1. The maximum absolute atomic E-state index is 14.1. The van der Waals surface area contributed by atoms with Crippen LogP contribution in [0.2, 0.25) is 10.0 Å². The number of hydrogen-bond acceptors (Lipinski definition) is 4. The molecule has 2 heterocycles. The molecule has 0 aliphatic carbocycles. The van der Waals surface area contributed by atoms with Gasteiger partial charge in [-0.3, -0.25) is 9.59 Å². The average molecular weight is 585 g/mol. The van der Waals surface area contributed by atoms with Crippen molar-refractivity contribution < 1.29 is 18.7 Å². The molecule has 1 atom stereocenters. The van der Waals surface area contributed by atoms with Crippen LogP contribution in [0.4, 0.5) is 10.1 Å². The molecule has 1 unspecified atom stereocenters. The molecule has 40 heavy (non-hydrogen) atoms. The van der Waals surface area contributed by atoms with E-state index in [1.165, 1.54) is 19.1 Å². The van der Waals surface area contributed by atoms with E-state index in [1.54, 1.807) is 17.0 Å². The molecule has 2 fully saturated rings. The summed E-state index contributed by atoms with van der Waals surface area (Å²) in [5.74, 6) is -0.585. The van der Waals surface area contributed by atoms with Crippen LogP contribution in [0.15, 0.2) is 72.8 Å². The van der Waals surface area contributed by atoms with E-state index in [9.17, 15) is 14.0 Å². The van der Waals surface area contributed by atoms with E-state index in [-0.39, 0.29) is 24.2 Å². The van der Waals surface area contributed by atoms with Gasteiger partial charge in [0.25, 0.3) is 5.91 Å². The lowest BCUT2D eigenvalue weighted by Crippen LogP contribution is -2.56. The molecule has 2 aliphatic rings. The number of benzene rings is 3. The van der Waals surface area contributed by atoms with Crippen molar-refractivity contribution in [2.24, 2.45) is 0 Å². The average Bonchev–Trinajstić information content (AvgIpc) is 2.95. The minimum Gasteiger partial charge on any atom is -0.358 e. The highest BCUT2D eigenvalue weighted by molar-refractivity contribution is 6.42. The zero-order valence-corrected chi connectivity index (χ0v) is 23.8. The number of carbonyl (C=O) groups is 2. The summed E-state index contributed by atoms with van der Waals surface area (Å²) in [6, 6.07) is 21.5. The van der Waals surface area contributed by atoms with Gasteiger partial charge in [0.1, 0.15) is 18.0 Å². The van der Waals surface area contributed by atoms with Crippen LogP contribution < -0.4 is 10.2 Å². The van der Waals surface area contributed by atoms with Crippen molar-refractivity contribution in [2.45, 2.75) is 37.3 Å². The minimum atomic E-state index is -0.875. The molecule has 0 radical (unpaired) electrons. The lowest BCUT2D eigenvalue weighted by Gasteiger charge is -2.46. The number of likely N-dealkylation sites (tertiary alicyclic amines) is 1. The van der Waals surface area contributed by atoms with Crippen molar-refractivity contribution >= 4 is 40.7 Å². The molecule has 1 N–H and O–H groups in total. The highest BCUT2D eigenvalue weighted by Gasteiger charge is 2.44. The van der Waals surface area contributed by atoms with E-state index in [1.807, 2.05) is 48.5 Å². The Kier molecular flexibility index (Phi) is 8.47. The van der Waals surface area contributed by atoms with Crippen LogP contribution in [0.25, 0.3) is 0 Å². The Labute approximate surface area is 244 Å². The second-order valence-electron chi connectivity index (χ2n) is 10.6. The lowest BCUT2D eigenvalue weighted by molar-refractivity contribution is -0.141. The summed E-state index contributed by atoms with van der Waals surface area (Å²) < 4.78 is 20.5. The van der Waals surface area contributed by atoms with Gasteiger partial charge >= 0.3 is 0 Å². The van der Waals surface area contributed by atoms with Crippen molar-refractivity contribution in [3.8, 4) is 0 Å². The molecule has 2 amide bonds. The third kappa shape index (κ3) is 5.88. The fourth-order valence-corrected chi connectivity index (χ4v) is 6.39. The first-order valence-corrected chi connectivity index (χ1v) is 14.2. The number of halogens is 3. The number of morpholine rings is 1. The standard InChI is InChI=1S/C31H32Cl2FN3O3/c1-22(38)35-30(23-7-5-8-24(34)19-23)13-16-36(17-14-30)18-15-31(26-11-6-12-27(32)29(26)33)21-37(28(39)20-40-31)25-9-3-2-4-10-25/h2-12,19H,13-18,20-21H2,1H3,(H,35,38). The second kappa shape index (κ2) is 11.9. The van der Waals surface area contributed by atoms with Gasteiger partial charge in [-0.25, -0.2) is 4.39 Å². The van der Waals surface area contributed by atoms with E-state index < -0.39 is 11.1 Å². The summed E-state index contributed by atoms with van der Waals surface area (Å²) in [4.78, 5) is 29.2. The highest BCUT2D eigenvalue weighted by Crippen LogP contribution is 2.42. The zero-order valence-electron chi connectivity index (χ0n) is 22.3. The van der Waals surface area contributed by atoms with E-state index in [0.717, 1.165) is 16.8 Å². The van der Waals surface area contributed by atoms with Crippen LogP contribution in [-0.4, -0.2) is 49.5 Å². The third-order valence-electron chi connectivity index (χ3n) is 8.03. The van der Waals surface area contributed by atoms with Crippen LogP contribution in [0, 0.1) is 5.82 Å². The molecular formula is C31H32Cl2FN3O3. The van der Waals surface area contributed by atoms with Crippen LogP contribution in [0.1, 0.15) is 37.3 Å². The number of piperidine rings is 1. The first-order chi connectivity index (χ1) is 19.2. The van der Waals surface area contributed by atoms with E-state index in [2.05, 4.69) is 10.2 Å². The lowest BCUT2D eigenvalue weighted by atomic mass is 9.80. The topological polar surface area (TPSA) is 61.9 Å². The second-order valence-corrected chi connectivity index (χ2v) is 11.4. The monoisotopic (exact) mass is 583 g/mol. The highest BCUT2D eigenvalue weighted by atomic mass is 35.5. The molecule has 0 aromatic heterocycles. The summed E-state index contributed by atoms with van der Waals surface area (Å²) in [5, 5.41) is 3.95. The summed E-state index contributed by atoms with van der Waals surface area (Å²) in [6.45, 7) is 3.76. The van der Waals surface area contributed by atoms with Crippen molar-refractivity contribution in [3.63, 3.8) is 0 Å². The largest absolute Gasteiger partial charge is 0.358 e. The van der Waals surface area contributed by atoms with Gasteiger partial charge in [0.05, 0.1) is 22.1 Å². The number of para-hydroxylation sites is 1. The zero-order chi connectivity index (χ0) is 28.3. The molecule has 0 saturated carbocycles. The van der Waals surface area contributed by atoms with Gasteiger partial charge in [-0.15, -0.1) is 0 Å². The van der Waals surface area contributed by atoms with Gasteiger partial charge in [-0.1, -0.05) is 65.7 Å². The molecule has 5 rings (SSSR count). The molecule has 3 aromatic carbocycles. The van der Waals surface area contributed by atoms with Gasteiger partial charge in [-0.2, -0.15) is 0 Å². The van der Waals surface area contributed by atoms with E-state index >= 15 is 0 Å². The van der Waals surface area contributed by atoms with Crippen LogP contribution in [0.5, 0.6) is 0 Å². The van der Waals surface area contributed by atoms with E-state index in [0.29, 0.717) is 55.5 Å². The number of rotatable bonds is 7. The summed E-state index contributed by atoms with van der Waals surface area (Å²) >= 11 is 13.2. The SMILES string of the molecule is CC(=O)NC1(c2cccc(F)c2)CCN(CCC2(c3cccc(Cl)c3Cl)CN(c3ccccc3)C(=O)CO2)CC1. The minimum absolute atomic E-state index is 0.0804.